The lowest BCUT2D eigenvalue weighted by atomic mass is 10.1. The summed E-state index contributed by atoms with van der Waals surface area (Å²) in [6.07, 6.45) is 0. The number of rotatable bonds is 8. The lowest BCUT2D eigenvalue weighted by molar-refractivity contribution is -0.385. The number of nitro benzene ring substituents is 1. The molecule has 0 saturated carbocycles. The van der Waals surface area contributed by atoms with Gasteiger partial charge in [-0.25, -0.2) is 8.42 Å². The summed E-state index contributed by atoms with van der Waals surface area (Å²) in [5.41, 5.74) is 4.13. The van der Waals surface area contributed by atoms with E-state index in [9.17, 15) is 18.5 Å². The van der Waals surface area contributed by atoms with E-state index in [1.54, 1.807) is 19.1 Å². The van der Waals surface area contributed by atoms with Gasteiger partial charge in [-0.2, -0.15) is 5.10 Å². The molecule has 0 heterocycles. The standard InChI is InChI=1S/C21H19BrN4O5S/c1-14(15-4-3-5-16(22)12-15)23-24-20-11-8-18(26(27)28)13-21(20)32(29,30)25-17-6-9-19(31-2)10-7-17/h3-13,24-25H,1-2H3/b23-14+. The number of halogens is 1. The number of non-ortho nitro benzene ring substituents is 1. The van der Waals surface area contributed by atoms with Crippen LogP contribution in [0.15, 0.2) is 81.2 Å². The van der Waals surface area contributed by atoms with Gasteiger partial charge in [-0.15, -0.1) is 0 Å². The van der Waals surface area contributed by atoms with E-state index in [0.29, 0.717) is 11.5 Å². The molecule has 0 aromatic heterocycles. The summed E-state index contributed by atoms with van der Waals surface area (Å²) in [5, 5.41) is 15.5. The third-order valence-corrected chi connectivity index (χ3v) is 6.31. The maximum absolute atomic E-state index is 13.1. The molecule has 3 aromatic rings. The van der Waals surface area contributed by atoms with Crippen molar-refractivity contribution < 1.29 is 18.1 Å². The molecule has 0 saturated heterocycles. The van der Waals surface area contributed by atoms with E-state index in [4.69, 9.17) is 4.74 Å². The number of benzene rings is 3. The first-order chi connectivity index (χ1) is 15.2. The molecular formula is C21H19BrN4O5S. The molecule has 0 aliphatic heterocycles. The zero-order valence-electron chi connectivity index (χ0n) is 17.1. The van der Waals surface area contributed by atoms with Gasteiger partial charge in [-0.1, -0.05) is 28.1 Å². The Labute approximate surface area is 193 Å². The molecule has 0 amide bonds. The number of nitrogens with zero attached hydrogens (tertiary/aromatic N) is 2. The maximum Gasteiger partial charge on any atom is 0.270 e. The quantitative estimate of drug-likeness (QED) is 0.245. The summed E-state index contributed by atoms with van der Waals surface area (Å²) in [5.74, 6) is 0.558. The summed E-state index contributed by atoms with van der Waals surface area (Å²) < 4.78 is 34.5. The third-order valence-electron chi connectivity index (χ3n) is 4.39. The molecule has 0 bridgehead atoms. The van der Waals surface area contributed by atoms with Gasteiger partial charge < -0.3 is 4.74 Å². The van der Waals surface area contributed by atoms with Gasteiger partial charge in [0.05, 0.1) is 23.4 Å². The van der Waals surface area contributed by atoms with Crippen LogP contribution in [0.4, 0.5) is 17.1 Å². The Kier molecular flexibility index (Phi) is 7.11. The fraction of sp³-hybridized carbons (Fsp3) is 0.0952. The summed E-state index contributed by atoms with van der Waals surface area (Å²) in [7, 11) is -2.68. The molecule has 2 N–H and O–H groups in total. The predicted molar refractivity (Wildman–Crippen MR) is 127 cm³/mol. The zero-order valence-corrected chi connectivity index (χ0v) is 19.5. The van der Waals surface area contributed by atoms with Gasteiger partial charge in [0.2, 0.25) is 0 Å². The number of hydrazone groups is 1. The van der Waals surface area contributed by atoms with Crippen molar-refractivity contribution in [2.45, 2.75) is 11.8 Å². The second-order valence-corrected chi connectivity index (χ2v) is 9.16. The van der Waals surface area contributed by atoms with Crippen molar-refractivity contribution in [3.8, 4) is 5.75 Å². The molecule has 0 unspecified atom stereocenters. The smallest absolute Gasteiger partial charge is 0.270 e. The maximum atomic E-state index is 13.1. The summed E-state index contributed by atoms with van der Waals surface area (Å²) in [6, 6.07) is 17.2. The third kappa shape index (κ3) is 5.62. The first-order valence-corrected chi connectivity index (χ1v) is 11.5. The summed E-state index contributed by atoms with van der Waals surface area (Å²) >= 11 is 3.39. The van der Waals surface area contributed by atoms with E-state index in [0.717, 1.165) is 16.1 Å². The number of anilines is 2. The van der Waals surface area contributed by atoms with Crippen LogP contribution >= 0.6 is 15.9 Å². The van der Waals surface area contributed by atoms with Crippen LogP contribution in [0, 0.1) is 10.1 Å². The molecule has 32 heavy (non-hydrogen) atoms. The number of sulfonamides is 1. The fourth-order valence-electron chi connectivity index (χ4n) is 2.73. The summed E-state index contributed by atoms with van der Waals surface area (Å²) in [6.45, 7) is 1.75. The number of hydrogen-bond acceptors (Lipinski definition) is 7. The van der Waals surface area contributed by atoms with Gasteiger partial charge in [0.15, 0.2) is 0 Å². The molecule has 3 aromatic carbocycles. The Balaban J connectivity index is 1.96. The zero-order chi connectivity index (χ0) is 23.3. The SMILES string of the molecule is COc1ccc(NS(=O)(=O)c2cc([N+](=O)[O-])ccc2N/N=C(\C)c2cccc(Br)c2)cc1. The Morgan fingerprint density at radius 2 is 1.81 bits per heavy atom. The predicted octanol–water partition coefficient (Wildman–Crippen LogP) is 5.00. The first kappa shape index (κ1) is 23.2. The van der Waals surface area contributed by atoms with Gasteiger partial charge in [0.1, 0.15) is 10.6 Å². The highest BCUT2D eigenvalue weighted by molar-refractivity contribution is 9.10. The number of nitrogens with one attached hydrogen (secondary N) is 2. The number of ether oxygens (including phenoxy) is 1. The molecule has 0 aliphatic rings. The van der Waals surface area contributed by atoms with Crippen LogP contribution < -0.4 is 14.9 Å². The van der Waals surface area contributed by atoms with E-state index in [1.807, 2.05) is 24.3 Å². The molecule has 166 valence electrons. The monoisotopic (exact) mass is 518 g/mol. The minimum absolute atomic E-state index is 0.0889. The van der Waals surface area contributed by atoms with Gasteiger partial charge in [0, 0.05) is 22.3 Å². The molecule has 11 heteroatoms. The van der Waals surface area contributed by atoms with Crippen LogP contribution in [0.3, 0.4) is 0 Å². The first-order valence-electron chi connectivity index (χ1n) is 9.21. The molecule has 0 atom stereocenters. The van der Waals surface area contributed by atoms with Crippen molar-refractivity contribution in [3.63, 3.8) is 0 Å². The topological polar surface area (TPSA) is 123 Å². The molecule has 0 aliphatic carbocycles. The van der Waals surface area contributed by atoms with Crippen molar-refractivity contribution >= 4 is 48.7 Å². The largest absolute Gasteiger partial charge is 0.497 e. The number of nitro groups is 1. The second kappa shape index (κ2) is 9.79. The van der Waals surface area contributed by atoms with Crippen molar-refractivity contribution in [1.29, 1.82) is 0 Å². The average molecular weight is 519 g/mol. The van der Waals surface area contributed by atoms with E-state index in [2.05, 4.69) is 31.2 Å². The van der Waals surface area contributed by atoms with Gasteiger partial charge in [0.25, 0.3) is 15.7 Å². The van der Waals surface area contributed by atoms with Gasteiger partial charge in [-0.3, -0.25) is 20.3 Å². The lowest BCUT2D eigenvalue weighted by Gasteiger charge is -2.13. The second-order valence-electron chi connectivity index (χ2n) is 6.59. The van der Waals surface area contributed by atoms with Crippen LogP contribution in [-0.4, -0.2) is 26.2 Å². The van der Waals surface area contributed by atoms with Gasteiger partial charge >= 0.3 is 0 Å². The Morgan fingerprint density at radius 3 is 2.44 bits per heavy atom. The van der Waals surface area contributed by atoms with E-state index >= 15 is 0 Å². The van der Waals surface area contributed by atoms with Crippen molar-refractivity contribution in [2.24, 2.45) is 5.10 Å². The van der Waals surface area contributed by atoms with Crippen LogP contribution in [0.25, 0.3) is 0 Å². The van der Waals surface area contributed by atoms with Gasteiger partial charge in [-0.05, 0) is 55.0 Å². The van der Waals surface area contributed by atoms with Crippen LogP contribution in [-0.2, 0) is 10.0 Å². The fourth-order valence-corrected chi connectivity index (χ4v) is 4.37. The Bertz CT molecular complexity index is 1280. The Morgan fingerprint density at radius 1 is 1.09 bits per heavy atom. The van der Waals surface area contributed by atoms with Crippen LogP contribution in [0.1, 0.15) is 12.5 Å². The minimum atomic E-state index is -4.17. The summed E-state index contributed by atoms with van der Waals surface area (Å²) in [4.78, 5) is 10.3. The lowest BCUT2D eigenvalue weighted by Crippen LogP contribution is -2.15. The normalized spacial score (nSPS) is 11.7. The highest BCUT2D eigenvalue weighted by Crippen LogP contribution is 2.29. The van der Waals surface area contributed by atoms with E-state index < -0.39 is 14.9 Å². The molecule has 3 rings (SSSR count). The highest BCUT2D eigenvalue weighted by Gasteiger charge is 2.23. The van der Waals surface area contributed by atoms with E-state index in [1.165, 1.54) is 31.4 Å². The molecule has 9 nitrogen and oxygen atoms in total. The van der Waals surface area contributed by atoms with Crippen LogP contribution in [0.2, 0.25) is 0 Å². The minimum Gasteiger partial charge on any atom is -0.497 e. The van der Waals surface area contributed by atoms with E-state index in [-0.39, 0.29) is 22.0 Å². The molecule has 0 spiro atoms. The molecule has 0 fully saturated rings. The number of methoxy groups -OCH3 is 1. The van der Waals surface area contributed by atoms with Crippen molar-refractivity contribution in [3.05, 3.63) is 86.9 Å². The molecule has 0 radical (unpaired) electrons. The van der Waals surface area contributed by atoms with Crippen molar-refractivity contribution in [2.75, 3.05) is 17.3 Å². The molecular weight excluding hydrogens is 500 g/mol. The number of hydrogen-bond donors (Lipinski definition) is 2. The Hall–Kier alpha value is -3.44. The highest BCUT2D eigenvalue weighted by atomic mass is 79.9. The van der Waals surface area contributed by atoms with Crippen LogP contribution in [0.5, 0.6) is 5.75 Å². The van der Waals surface area contributed by atoms with Crippen molar-refractivity contribution in [1.82, 2.24) is 0 Å². The average Bonchev–Trinajstić information content (AvgIpc) is 2.77.